The van der Waals surface area contributed by atoms with Crippen molar-refractivity contribution in [3.05, 3.63) is 111 Å². The van der Waals surface area contributed by atoms with Crippen molar-refractivity contribution in [2.45, 2.75) is 27.0 Å². The highest BCUT2D eigenvalue weighted by molar-refractivity contribution is 9.10. The van der Waals surface area contributed by atoms with Crippen LogP contribution >= 0.6 is 15.9 Å². The molecule has 0 aliphatic rings. The molecule has 3 aromatic carbocycles. The summed E-state index contributed by atoms with van der Waals surface area (Å²) in [6.07, 6.45) is 1.70. The zero-order valence-electron chi connectivity index (χ0n) is 18.3. The van der Waals surface area contributed by atoms with Gasteiger partial charge in [-0.15, -0.1) is 0 Å². The fraction of sp³-hybridized carbons (Fsp3) is 0.154. The molecule has 0 aliphatic heterocycles. The molecule has 4 rings (SSSR count). The highest BCUT2D eigenvalue weighted by Gasteiger charge is 2.14. The Bertz CT molecular complexity index is 1300. The first-order valence-corrected chi connectivity index (χ1v) is 11.2. The lowest BCUT2D eigenvalue weighted by Crippen LogP contribution is -2.14. The molecular weight excluding hydrogens is 485 g/mol. The van der Waals surface area contributed by atoms with Crippen LogP contribution in [0.5, 0.6) is 5.75 Å². The standard InChI is InChI=1S/C26H23BrFN3O2/c1-17-10-11-24(18(2)12-17)33-16-19-6-5-8-20(13-19)26(32)29-25-22(27)15-31(30-25)14-21-7-3-4-9-23(21)28/h3-13,15H,14,16H2,1-2H3,(H,29,30,32). The minimum Gasteiger partial charge on any atom is -0.489 e. The van der Waals surface area contributed by atoms with Crippen LogP contribution in [-0.2, 0) is 13.2 Å². The monoisotopic (exact) mass is 507 g/mol. The summed E-state index contributed by atoms with van der Waals surface area (Å²) >= 11 is 3.42. The van der Waals surface area contributed by atoms with Crippen molar-refractivity contribution >= 4 is 27.7 Å². The molecule has 1 N–H and O–H groups in total. The third-order valence-electron chi connectivity index (χ3n) is 5.15. The number of halogens is 2. The third-order valence-corrected chi connectivity index (χ3v) is 5.73. The van der Waals surface area contributed by atoms with Crippen LogP contribution in [0.2, 0.25) is 0 Å². The summed E-state index contributed by atoms with van der Waals surface area (Å²) in [6.45, 7) is 4.66. The van der Waals surface area contributed by atoms with E-state index in [1.807, 2.05) is 38.1 Å². The Morgan fingerprint density at radius 1 is 1.09 bits per heavy atom. The van der Waals surface area contributed by atoms with Gasteiger partial charge in [0.15, 0.2) is 5.82 Å². The first kappa shape index (κ1) is 22.7. The van der Waals surface area contributed by atoms with Crippen LogP contribution < -0.4 is 10.1 Å². The number of hydrogen-bond acceptors (Lipinski definition) is 3. The maximum absolute atomic E-state index is 13.9. The summed E-state index contributed by atoms with van der Waals surface area (Å²) in [7, 11) is 0. The summed E-state index contributed by atoms with van der Waals surface area (Å²) in [6, 6.07) is 19.8. The Hall–Kier alpha value is -3.45. The first-order valence-electron chi connectivity index (χ1n) is 10.5. The number of amides is 1. The number of hydrogen-bond donors (Lipinski definition) is 1. The highest BCUT2D eigenvalue weighted by Crippen LogP contribution is 2.23. The van der Waals surface area contributed by atoms with Gasteiger partial charge in [0.05, 0.1) is 11.0 Å². The zero-order chi connectivity index (χ0) is 23.4. The number of aromatic nitrogens is 2. The van der Waals surface area contributed by atoms with Gasteiger partial charge in [0, 0.05) is 17.3 Å². The van der Waals surface area contributed by atoms with Crippen molar-refractivity contribution in [1.29, 1.82) is 0 Å². The molecule has 1 heterocycles. The van der Waals surface area contributed by atoms with Gasteiger partial charge in [-0.25, -0.2) is 4.39 Å². The van der Waals surface area contributed by atoms with Gasteiger partial charge in [-0.3, -0.25) is 9.48 Å². The molecule has 0 bridgehead atoms. The van der Waals surface area contributed by atoms with E-state index in [1.54, 1.807) is 41.2 Å². The molecule has 33 heavy (non-hydrogen) atoms. The summed E-state index contributed by atoms with van der Waals surface area (Å²) in [5.41, 5.74) is 4.14. The lowest BCUT2D eigenvalue weighted by molar-refractivity contribution is 0.102. The number of benzene rings is 3. The summed E-state index contributed by atoms with van der Waals surface area (Å²) in [4.78, 5) is 12.8. The molecule has 0 unspecified atom stereocenters. The summed E-state index contributed by atoms with van der Waals surface area (Å²) in [5, 5.41) is 7.18. The molecule has 0 radical (unpaired) electrons. The van der Waals surface area contributed by atoms with E-state index in [2.05, 4.69) is 32.4 Å². The molecule has 0 fully saturated rings. The number of ether oxygens (including phenoxy) is 1. The minimum atomic E-state index is -0.297. The van der Waals surface area contributed by atoms with Crippen LogP contribution in [0.15, 0.2) is 77.4 Å². The predicted molar refractivity (Wildman–Crippen MR) is 130 cm³/mol. The second-order valence-electron chi connectivity index (χ2n) is 7.83. The van der Waals surface area contributed by atoms with Gasteiger partial charge in [0.25, 0.3) is 5.91 Å². The van der Waals surface area contributed by atoms with Gasteiger partial charge < -0.3 is 10.1 Å². The molecule has 0 aliphatic carbocycles. The van der Waals surface area contributed by atoms with Crippen LogP contribution in [-0.4, -0.2) is 15.7 Å². The van der Waals surface area contributed by atoms with E-state index in [4.69, 9.17) is 4.74 Å². The molecule has 1 amide bonds. The lowest BCUT2D eigenvalue weighted by atomic mass is 10.1. The van der Waals surface area contributed by atoms with E-state index in [-0.39, 0.29) is 18.3 Å². The van der Waals surface area contributed by atoms with Crippen molar-refractivity contribution < 1.29 is 13.9 Å². The van der Waals surface area contributed by atoms with Crippen molar-refractivity contribution in [3.63, 3.8) is 0 Å². The fourth-order valence-corrected chi connectivity index (χ4v) is 3.88. The SMILES string of the molecule is Cc1ccc(OCc2cccc(C(=O)Nc3nn(Cc4ccccc4F)cc3Br)c2)c(C)c1. The van der Waals surface area contributed by atoms with Gasteiger partial charge in [-0.1, -0.05) is 48.0 Å². The number of nitrogens with zero attached hydrogens (tertiary/aromatic N) is 2. The second-order valence-corrected chi connectivity index (χ2v) is 8.68. The van der Waals surface area contributed by atoms with Gasteiger partial charge in [-0.2, -0.15) is 5.10 Å². The van der Waals surface area contributed by atoms with Crippen molar-refractivity contribution in [2.75, 3.05) is 5.32 Å². The van der Waals surface area contributed by atoms with Crippen LogP contribution in [0.3, 0.4) is 0 Å². The zero-order valence-corrected chi connectivity index (χ0v) is 19.9. The van der Waals surface area contributed by atoms with Crippen molar-refractivity contribution in [2.24, 2.45) is 0 Å². The van der Waals surface area contributed by atoms with E-state index < -0.39 is 0 Å². The number of rotatable bonds is 7. The molecule has 7 heteroatoms. The molecule has 168 valence electrons. The Labute approximate surface area is 200 Å². The largest absolute Gasteiger partial charge is 0.489 e. The number of carbonyl (C=O) groups excluding carboxylic acids is 1. The Morgan fingerprint density at radius 3 is 2.70 bits per heavy atom. The van der Waals surface area contributed by atoms with Gasteiger partial charge in [0.2, 0.25) is 0 Å². The van der Waals surface area contributed by atoms with E-state index in [0.29, 0.717) is 28.0 Å². The molecule has 4 aromatic rings. The number of carbonyl (C=O) groups is 1. The van der Waals surface area contributed by atoms with Crippen LogP contribution in [0.25, 0.3) is 0 Å². The average molecular weight is 508 g/mol. The summed E-state index contributed by atoms with van der Waals surface area (Å²) in [5.74, 6) is 0.600. The molecule has 0 atom stereocenters. The van der Waals surface area contributed by atoms with E-state index >= 15 is 0 Å². The molecule has 0 saturated carbocycles. The first-order chi connectivity index (χ1) is 15.9. The van der Waals surface area contributed by atoms with E-state index in [1.165, 1.54) is 11.6 Å². The highest BCUT2D eigenvalue weighted by atomic mass is 79.9. The third kappa shape index (κ3) is 5.68. The normalized spacial score (nSPS) is 10.8. The van der Waals surface area contributed by atoms with Crippen molar-refractivity contribution in [3.8, 4) is 5.75 Å². The molecule has 0 saturated heterocycles. The Balaban J connectivity index is 1.42. The lowest BCUT2D eigenvalue weighted by Gasteiger charge is -2.11. The van der Waals surface area contributed by atoms with E-state index in [0.717, 1.165) is 16.9 Å². The maximum atomic E-state index is 13.9. The van der Waals surface area contributed by atoms with Crippen LogP contribution in [0.4, 0.5) is 10.2 Å². The second kappa shape index (κ2) is 10.0. The Morgan fingerprint density at radius 2 is 1.91 bits per heavy atom. The fourth-order valence-electron chi connectivity index (χ4n) is 3.47. The van der Waals surface area contributed by atoms with Crippen LogP contribution in [0.1, 0.15) is 32.6 Å². The van der Waals surface area contributed by atoms with Gasteiger partial charge >= 0.3 is 0 Å². The molecule has 5 nitrogen and oxygen atoms in total. The number of aryl methyl sites for hydroxylation is 2. The van der Waals surface area contributed by atoms with Gasteiger partial charge in [-0.05, 0) is 65.2 Å². The quantitative estimate of drug-likeness (QED) is 0.320. The number of anilines is 1. The Kier molecular flexibility index (Phi) is 6.89. The van der Waals surface area contributed by atoms with Crippen molar-refractivity contribution in [1.82, 2.24) is 9.78 Å². The molecule has 0 spiro atoms. The molecular formula is C26H23BrFN3O2. The maximum Gasteiger partial charge on any atom is 0.256 e. The summed E-state index contributed by atoms with van der Waals surface area (Å²) < 4.78 is 22.1. The smallest absolute Gasteiger partial charge is 0.256 e. The molecule has 1 aromatic heterocycles. The van der Waals surface area contributed by atoms with E-state index in [9.17, 15) is 9.18 Å². The number of nitrogens with one attached hydrogen (secondary N) is 1. The predicted octanol–water partition coefficient (Wildman–Crippen LogP) is 6.28. The van der Waals surface area contributed by atoms with Gasteiger partial charge in [0.1, 0.15) is 18.2 Å². The minimum absolute atomic E-state index is 0.256. The van der Waals surface area contributed by atoms with Crippen LogP contribution in [0, 0.1) is 19.7 Å². The average Bonchev–Trinajstić information content (AvgIpc) is 3.13. The topological polar surface area (TPSA) is 56.1 Å².